The summed E-state index contributed by atoms with van der Waals surface area (Å²) in [7, 11) is 1.64. The van der Waals surface area contributed by atoms with Gasteiger partial charge < -0.3 is 14.6 Å². The third-order valence-electron chi connectivity index (χ3n) is 4.73. The molecule has 3 aromatic rings. The Labute approximate surface area is 196 Å². The number of carbonyl (C=O) groups excluding carboxylic acids is 1. The maximum absolute atomic E-state index is 12.3. The van der Waals surface area contributed by atoms with Crippen LogP contribution in [0.4, 0.5) is 5.69 Å². The van der Waals surface area contributed by atoms with Gasteiger partial charge in [-0.2, -0.15) is 5.26 Å². The lowest BCUT2D eigenvalue weighted by Gasteiger charge is -2.10. The predicted molar refractivity (Wildman–Crippen MR) is 127 cm³/mol. The van der Waals surface area contributed by atoms with Crippen LogP contribution in [0, 0.1) is 11.3 Å². The molecule has 0 aliphatic heterocycles. The number of ether oxygens (including phenoxy) is 1. The predicted octanol–water partition coefficient (Wildman–Crippen LogP) is 5.40. The van der Waals surface area contributed by atoms with Gasteiger partial charge in [0.05, 0.1) is 17.7 Å². The van der Waals surface area contributed by atoms with Crippen molar-refractivity contribution in [2.45, 2.75) is 37.9 Å². The summed E-state index contributed by atoms with van der Waals surface area (Å²) in [4.78, 5) is 12.3. The highest BCUT2D eigenvalue weighted by atomic mass is 35.5. The molecule has 0 unspecified atom stereocenters. The minimum absolute atomic E-state index is 0.131. The number of carbonyl (C=O) groups is 1. The van der Waals surface area contributed by atoms with E-state index in [1.807, 2.05) is 30.3 Å². The van der Waals surface area contributed by atoms with Gasteiger partial charge in [0.1, 0.15) is 11.8 Å². The Morgan fingerprint density at radius 2 is 2.03 bits per heavy atom. The van der Waals surface area contributed by atoms with Crippen molar-refractivity contribution in [1.29, 1.82) is 5.26 Å². The SMILES string of the molecule is CCCCn1c(SCCC(=O)Nc2ccc(C#N)c(Cl)c2)nnc1-c1ccc(OC)cc1. The Hall–Kier alpha value is -3.02. The molecule has 1 aromatic heterocycles. The first-order valence-electron chi connectivity index (χ1n) is 10.3. The molecule has 0 aliphatic rings. The Morgan fingerprint density at radius 3 is 2.69 bits per heavy atom. The Morgan fingerprint density at radius 1 is 1.25 bits per heavy atom. The number of anilines is 1. The number of nitrogens with one attached hydrogen (secondary N) is 1. The molecular formula is C23H24ClN5O2S. The van der Waals surface area contributed by atoms with E-state index < -0.39 is 0 Å². The van der Waals surface area contributed by atoms with Gasteiger partial charge in [0.2, 0.25) is 5.91 Å². The summed E-state index contributed by atoms with van der Waals surface area (Å²) in [6.07, 6.45) is 2.37. The second kappa shape index (κ2) is 11.6. The van der Waals surface area contributed by atoms with E-state index in [0.717, 1.165) is 41.7 Å². The second-order valence-corrected chi connectivity index (χ2v) is 8.46. The minimum Gasteiger partial charge on any atom is -0.497 e. The van der Waals surface area contributed by atoms with Gasteiger partial charge in [0.15, 0.2) is 11.0 Å². The van der Waals surface area contributed by atoms with E-state index in [1.54, 1.807) is 25.3 Å². The van der Waals surface area contributed by atoms with Crippen molar-refractivity contribution in [3.05, 3.63) is 53.1 Å². The van der Waals surface area contributed by atoms with Gasteiger partial charge in [0.25, 0.3) is 0 Å². The molecule has 1 amide bonds. The van der Waals surface area contributed by atoms with E-state index in [1.165, 1.54) is 11.8 Å². The van der Waals surface area contributed by atoms with Crippen LogP contribution in [0.1, 0.15) is 31.7 Å². The monoisotopic (exact) mass is 469 g/mol. The number of amides is 1. The number of benzene rings is 2. The molecule has 0 bridgehead atoms. The van der Waals surface area contributed by atoms with Crippen molar-refractivity contribution in [2.24, 2.45) is 0 Å². The summed E-state index contributed by atoms with van der Waals surface area (Å²) in [6, 6.07) is 14.6. The van der Waals surface area contributed by atoms with E-state index in [0.29, 0.717) is 28.4 Å². The van der Waals surface area contributed by atoms with Crippen LogP contribution in [0.25, 0.3) is 11.4 Å². The third-order valence-corrected chi connectivity index (χ3v) is 6.02. The van der Waals surface area contributed by atoms with Gasteiger partial charge in [-0.1, -0.05) is 36.7 Å². The standard InChI is InChI=1S/C23H24ClN5O2S/c1-3-4-12-29-22(16-6-9-19(31-2)10-7-16)27-28-23(29)32-13-11-21(30)26-18-8-5-17(15-25)20(24)14-18/h5-10,14H,3-4,11-13H2,1-2H3,(H,26,30). The first-order valence-corrected chi connectivity index (χ1v) is 11.6. The number of hydrogen-bond acceptors (Lipinski definition) is 6. The largest absolute Gasteiger partial charge is 0.497 e. The average molecular weight is 470 g/mol. The van der Waals surface area contributed by atoms with E-state index >= 15 is 0 Å². The smallest absolute Gasteiger partial charge is 0.225 e. The van der Waals surface area contributed by atoms with Crippen LogP contribution in [-0.4, -0.2) is 33.5 Å². The number of hydrogen-bond donors (Lipinski definition) is 1. The van der Waals surface area contributed by atoms with Crippen LogP contribution >= 0.6 is 23.4 Å². The lowest BCUT2D eigenvalue weighted by molar-refractivity contribution is -0.115. The van der Waals surface area contributed by atoms with E-state index in [9.17, 15) is 4.79 Å². The fraction of sp³-hybridized carbons (Fsp3) is 0.304. The van der Waals surface area contributed by atoms with Gasteiger partial charge in [0, 0.05) is 30.0 Å². The summed E-state index contributed by atoms with van der Waals surface area (Å²) in [5.74, 6) is 2.02. The molecule has 7 nitrogen and oxygen atoms in total. The van der Waals surface area contributed by atoms with Crippen molar-refractivity contribution in [1.82, 2.24) is 14.8 Å². The number of nitriles is 1. The quantitative estimate of drug-likeness (QED) is 0.399. The lowest BCUT2D eigenvalue weighted by atomic mass is 10.2. The maximum Gasteiger partial charge on any atom is 0.225 e. The van der Waals surface area contributed by atoms with Crippen molar-refractivity contribution in [2.75, 3.05) is 18.2 Å². The van der Waals surface area contributed by atoms with Crippen molar-refractivity contribution in [3.63, 3.8) is 0 Å². The average Bonchev–Trinajstić information content (AvgIpc) is 3.20. The van der Waals surface area contributed by atoms with E-state index in [4.69, 9.17) is 21.6 Å². The summed E-state index contributed by atoms with van der Waals surface area (Å²) < 4.78 is 7.34. The van der Waals surface area contributed by atoms with Crippen molar-refractivity contribution < 1.29 is 9.53 Å². The molecule has 0 aliphatic carbocycles. The summed E-state index contributed by atoms with van der Waals surface area (Å²) in [6.45, 7) is 2.95. The molecule has 1 heterocycles. The van der Waals surface area contributed by atoms with Gasteiger partial charge in [-0.15, -0.1) is 10.2 Å². The summed E-state index contributed by atoms with van der Waals surface area (Å²) >= 11 is 7.53. The molecule has 0 fully saturated rings. The van der Waals surface area contributed by atoms with Crippen molar-refractivity contribution in [3.8, 4) is 23.2 Å². The first-order chi connectivity index (χ1) is 15.5. The molecule has 0 spiro atoms. The molecule has 9 heteroatoms. The maximum atomic E-state index is 12.3. The molecule has 0 saturated heterocycles. The zero-order valence-corrected chi connectivity index (χ0v) is 19.5. The highest BCUT2D eigenvalue weighted by Gasteiger charge is 2.15. The zero-order chi connectivity index (χ0) is 22.9. The summed E-state index contributed by atoms with van der Waals surface area (Å²) in [5.41, 5.74) is 1.91. The van der Waals surface area contributed by atoms with Crippen molar-refractivity contribution >= 4 is 35.0 Å². The Kier molecular flexibility index (Phi) is 8.54. The topological polar surface area (TPSA) is 92.8 Å². The number of thioether (sulfide) groups is 1. The molecular weight excluding hydrogens is 446 g/mol. The van der Waals surface area contributed by atoms with Gasteiger partial charge in [-0.25, -0.2) is 0 Å². The normalized spacial score (nSPS) is 10.6. The van der Waals surface area contributed by atoms with Gasteiger partial charge in [-0.3, -0.25) is 4.79 Å². The first kappa shape index (κ1) is 23.6. The molecule has 0 radical (unpaired) electrons. The summed E-state index contributed by atoms with van der Waals surface area (Å²) in [5, 5.41) is 21.6. The number of aromatic nitrogens is 3. The minimum atomic E-state index is -0.131. The molecule has 166 valence electrons. The third kappa shape index (κ3) is 6.02. The number of nitrogens with zero attached hydrogens (tertiary/aromatic N) is 4. The molecule has 2 aromatic carbocycles. The van der Waals surface area contributed by atoms with Crippen LogP contribution in [0.15, 0.2) is 47.6 Å². The van der Waals surface area contributed by atoms with Crippen LogP contribution in [0.2, 0.25) is 5.02 Å². The van der Waals surface area contributed by atoms with Gasteiger partial charge in [-0.05, 0) is 48.9 Å². The van der Waals surface area contributed by atoms with Crippen LogP contribution in [0.3, 0.4) is 0 Å². The van der Waals surface area contributed by atoms with Gasteiger partial charge >= 0.3 is 0 Å². The molecule has 32 heavy (non-hydrogen) atoms. The molecule has 0 atom stereocenters. The fourth-order valence-electron chi connectivity index (χ4n) is 3.01. The molecule has 0 saturated carbocycles. The van der Waals surface area contributed by atoms with Crippen LogP contribution in [-0.2, 0) is 11.3 Å². The van der Waals surface area contributed by atoms with E-state index in [2.05, 4.69) is 27.0 Å². The zero-order valence-electron chi connectivity index (χ0n) is 18.0. The molecule has 3 rings (SSSR count). The molecule has 1 N–H and O–H groups in total. The highest BCUT2D eigenvalue weighted by molar-refractivity contribution is 7.99. The van der Waals surface area contributed by atoms with E-state index in [-0.39, 0.29) is 5.91 Å². The number of unbranched alkanes of at least 4 members (excludes halogenated alkanes) is 1. The number of methoxy groups -OCH3 is 1. The number of rotatable bonds is 10. The highest BCUT2D eigenvalue weighted by Crippen LogP contribution is 2.27. The number of halogens is 1. The van der Waals surface area contributed by atoms with Crippen LogP contribution < -0.4 is 10.1 Å². The second-order valence-electron chi connectivity index (χ2n) is 6.99. The fourth-order valence-corrected chi connectivity index (χ4v) is 4.13. The lowest BCUT2D eigenvalue weighted by Crippen LogP contribution is -2.12. The van der Waals surface area contributed by atoms with Crippen LogP contribution in [0.5, 0.6) is 5.75 Å². The Bertz CT molecular complexity index is 1110. The Balaban J connectivity index is 1.63.